The van der Waals surface area contributed by atoms with Crippen LogP contribution in [0.3, 0.4) is 0 Å². The van der Waals surface area contributed by atoms with Gasteiger partial charge in [0, 0.05) is 25.2 Å². The lowest BCUT2D eigenvalue weighted by Crippen LogP contribution is -2.50. The monoisotopic (exact) mass is 269 g/mol. The predicted molar refractivity (Wildman–Crippen MR) is 75.8 cm³/mol. The number of hydrogen-bond acceptors (Lipinski definition) is 3. The van der Waals surface area contributed by atoms with Crippen molar-refractivity contribution in [1.82, 2.24) is 15.1 Å². The van der Waals surface area contributed by atoms with Crippen molar-refractivity contribution in [2.45, 2.75) is 59.2 Å². The topological polar surface area (TPSA) is 52.7 Å². The van der Waals surface area contributed by atoms with Gasteiger partial charge in [-0.3, -0.25) is 14.5 Å². The first-order valence-electron chi connectivity index (χ1n) is 7.17. The van der Waals surface area contributed by atoms with Crippen molar-refractivity contribution in [3.63, 3.8) is 0 Å². The largest absolute Gasteiger partial charge is 0.355 e. The van der Waals surface area contributed by atoms with Gasteiger partial charge in [0.2, 0.25) is 11.8 Å². The SMILES string of the molecule is CC1C(=O)NCCCN1CC(=O)N(C(C)C)C(C)C. The van der Waals surface area contributed by atoms with E-state index in [0.717, 1.165) is 13.0 Å². The van der Waals surface area contributed by atoms with Gasteiger partial charge in [-0.2, -0.15) is 0 Å². The zero-order valence-electron chi connectivity index (χ0n) is 12.8. The summed E-state index contributed by atoms with van der Waals surface area (Å²) in [5.74, 6) is 0.123. The van der Waals surface area contributed by atoms with Gasteiger partial charge in [0.05, 0.1) is 12.6 Å². The van der Waals surface area contributed by atoms with Gasteiger partial charge in [0.25, 0.3) is 0 Å². The predicted octanol–water partition coefficient (Wildman–Crippen LogP) is 0.842. The summed E-state index contributed by atoms with van der Waals surface area (Å²) in [6, 6.07) is 0.139. The van der Waals surface area contributed by atoms with Gasteiger partial charge in [-0.25, -0.2) is 0 Å². The van der Waals surface area contributed by atoms with Crippen LogP contribution >= 0.6 is 0 Å². The third kappa shape index (κ3) is 4.20. The molecule has 0 aromatic rings. The van der Waals surface area contributed by atoms with Gasteiger partial charge in [-0.15, -0.1) is 0 Å². The molecule has 0 saturated carbocycles. The Morgan fingerprint density at radius 3 is 2.47 bits per heavy atom. The lowest BCUT2D eigenvalue weighted by Gasteiger charge is -2.34. The Labute approximate surface area is 116 Å². The molecule has 0 radical (unpaired) electrons. The van der Waals surface area contributed by atoms with Crippen LogP contribution < -0.4 is 5.32 Å². The van der Waals surface area contributed by atoms with Crippen molar-refractivity contribution in [1.29, 1.82) is 0 Å². The molecule has 1 atom stereocenters. The minimum atomic E-state index is -0.229. The summed E-state index contributed by atoms with van der Waals surface area (Å²) in [5.41, 5.74) is 0. The molecule has 5 heteroatoms. The van der Waals surface area contributed by atoms with Crippen molar-refractivity contribution in [2.75, 3.05) is 19.6 Å². The van der Waals surface area contributed by atoms with Crippen molar-refractivity contribution >= 4 is 11.8 Å². The fourth-order valence-corrected chi connectivity index (χ4v) is 2.64. The standard InChI is InChI=1S/C14H27N3O2/c1-10(2)17(11(3)4)13(18)9-16-8-6-7-15-14(19)12(16)5/h10-12H,6-9H2,1-5H3,(H,15,19). The second-order valence-electron chi connectivity index (χ2n) is 5.78. The maximum absolute atomic E-state index is 12.4. The van der Waals surface area contributed by atoms with E-state index in [1.165, 1.54) is 0 Å². The maximum atomic E-state index is 12.4. The highest BCUT2D eigenvalue weighted by atomic mass is 16.2. The quantitative estimate of drug-likeness (QED) is 0.823. The Morgan fingerprint density at radius 1 is 1.37 bits per heavy atom. The first-order chi connectivity index (χ1) is 8.84. The van der Waals surface area contributed by atoms with Gasteiger partial charge in [-0.1, -0.05) is 0 Å². The fourth-order valence-electron chi connectivity index (χ4n) is 2.64. The zero-order chi connectivity index (χ0) is 14.6. The highest BCUT2D eigenvalue weighted by Crippen LogP contribution is 2.10. The molecule has 1 aliphatic heterocycles. The van der Waals surface area contributed by atoms with Crippen molar-refractivity contribution in [3.05, 3.63) is 0 Å². The molecule has 110 valence electrons. The molecule has 1 saturated heterocycles. The Hall–Kier alpha value is -1.10. The number of hydrogen-bond donors (Lipinski definition) is 1. The Bertz CT molecular complexity index is 321. The summed E-state index contributed by atoms with van der Waals surface area (Å²) >= 11 is 0. The summed E-state index contributed by atoms with van der Waals surface area (Å²) in [4.78, 5) is 28.0. The minimum Gasteiger partial charge on any atom is -0.355 e. The molecule has 1 unspecified atom stereocenters. The van der Waals surface area contributed by atoms with Crippen LogP contribution in [-0.4, -0.2) is 59.4 Å². The molecule has 0 aromatic heterocycles. The minimum absolute atomic E-state index is 0.0194. The van der Waals surface area contributed by atoms with Crippen LogP contribution in [0.1, 0.15) is 41.0 Å². The molecular weight excluding hydrogens is 242 g/mol. The van der Waals surface area contributed by atoms with Crippen LogP contribution in [0.15, 0.2) is 0 Å². The van der Waals surface area contributed by atoms with E-state index in [0.29, 0.717) is 13.1 Å². The van der Waals surface area contributed by atoms with Crippen LogP contribution in [0.5, 0.6) is 0 Å². The van der Waals surface area contributed by atoms with Crippen molar-refractivity contribution in [3.8, 4) is 0 Å². The number of nitrogens with one attached hydrogen (secondary N) is 1. The average molecular weight is 269 g/mol. The van der Waals surface area contributed by atoms with Crippen LogP contribution in [0, 0.1) is 0 Å². The van der Waals surface area contributed by atoms with E-state index in [-0.39, 0.29) is 29.9 Å². The fraction of sp³-hybridized carbons (Fsp3) is 0.857. The number of carbonyl (C=O) groups is 2. The highest BCUT2D eigenvalue weighted by Gasteiger charge is 2.28. The molecule has 1 N–H and O–H groups in total. The second-order valence-corrected chi connectivity index (χ2v) is 5.78. The van der Waals surface area contributed by atoms with Crippen LogP contribution in [0.2, 0.25) is 0 Å². The third-order valence-electron chi connectivity index (χ3n) is 3.59. The van der Waals surface area contributed by atoms with Gasteiger partial charge < -0.3 is 10.2 Å². The lowest BCUT2D eigenvalue weighted by molar-refractivity contribution is -0.137. The molecule has 0 spiro atoms. The van der Waals surface area contributed by atoms with E-state index >= 15 is 0 Å². The molecule has 19 heavy (non-hydrogen) atoms. The maximum Gasteiger partial charge on any atom is 0.237 e. The Kier molecular flexibility index (Phi) is 5.79. The Morgan fingerprint density at radius 2 is 1.95 bits per heavy atom. The van der Waals surface area contributed by atoms with Crippen LogP contribution in [0.4, 0.5) is 0 Å². The second kappa shape index (κ2) is 6.89. The molecule has 0 aliphatic carbocycles. The summed E-state index contributed by atoms with van der Waals surface area (Å²) in [7, 11) is 0. The van der Waals surface area contributed by atoms with E-state index < -0.39 is 0 Å². The number of carbonyl (C=O) groups excluding carboxylic acids is 2. The summed E-state index contributed by atoms with van der Waals surface area (Å²) < 4.78 is 0. The van der Waals surface area contributed by atoms with Gasteiger partial charge >= 0.3 is 0 Å². The smallest absolute Gasteiger partial charge is 0.237 e. The molecule has 2 amide bonds. The molecule has 5 nitrogen and oxygen atoms in total. The van der Waals surface area contributed by atoms with E-state index in [1.54, 1.807) is 0 Å². The lowest BCUT2D eigenvalue weighted by atomic mass is 10.2. The third-order valence-corrected chi connectivity index (χ3v) is 3.59. The highest BCUT2D eigenvalue weighted by molar-refractivity contribution is 5.83. The zero-order valence-corrected chi connectivity index (χ0v) is 12.8. The van der Waals surface area contributed by atoms with Gasteiger partial charge in [0.1, 0.15) is 0 Å². The summed E-state index contributed by atoms with van der Waals surface area (Å²) in [5, 5.41) is 2.87. The summed E-state index contributed by atoms with van der Waals surface area (Å²) in [6.45, 7) is 11.8. The van der Waals surface area contributed by atoms with E-state index in [1.807, 2.05) is 44.4 Å². The van der Waals surface area contributed by atoms with Gasteiger partial charge in [-0.05, 0) is 41.0 Å². The normalized spacial score (nSPS) is 21.4. The van der Waals surface area contributed by atoms with Crippen LogP contribution in [0.25, 0.3) is 0 Å². The molecule has 1 rings (SSSR count). The first kappa shape index (κ1) is 16.0. The van der Waals surface area contributed by atoms with Crippen molar-refractivity contribution < 1.29 is 9.59 Å². The Balaban J connectivity index is 2.70. The van der Waals surface area contributed by atoms with Crippen molar-refractivity contribution in [2.24, 2.45) is 0 Å². The average Bonchev–Trinajstić information content (AvgIpc) is 2.43. The molecule has 1 fully saturated rings. The molecule has 1 aliphatic rings. The molecule has 0 bridgehead atoms. The number of rotatable bonds is 4. The van der Waals surface area contributed by atoms with Gasteiger partial charge in [0.15, 0.2) is 0 Å². The summed E-state index contributed by atoms with van der Waals surface area (Å²) in [6.07, 6.45) is 0.896. The molecule has 1 heterocycles. The molecular formula is C14H27N3O2. The number of amides is 2. The first-order valence-corrected chi connectivity index (χ1v) is 7.17. The van der Waals surface area contributed by atoms with E-state index in [2.05, 4.69) is 5.32 Å². The molecule has 0 aromatic carbocycles. The van der Waals surface area contributed by atoms with E-state index in [4.69, 9.17) is 0 Å². The van der Waals surface area contributed by atoms with E-state index in [9.17, 15) is 9.59 Å². The number of nitrogens with zero attached hydrogens (tertiary/aromatic N) is 2. The van der Waals surface area contributed by atoms with Crippen LogP contribution in [-0.2, 0) is 9.59 Å².